The number of nitrogens with zero attached hydrogens (tertiary/aromatic N) is 3. The molecule has 4 rings (SSSR count). The lowest BCUT2D eigenvalue weighted by atomic mass is 10.0. The number of hydrogen-bond acceptors (Lipinski definition) is 4. The van der Waals surface area contributed by atoms with Crippen LogP contribution in [0.1, 0.15) is 36.5 Å². The molecule has 1 aliphatic carbocycles. The van der Waals surface area contributed by atoms with Crippen molar-refractivity contribution >= 4 is 21.6 Å². The Hall–Kier alpha value is -2.74. The topological polar surface area (TPSA) is 70.6 Å². The van der Waals surface area contributed by atoms with Gasteiger partial charge in [0.2, 0.25) is 5.91 Å². The van der Waals surface area contributed by atoms with Crippen LogP contribution in [0.15, 0.2) is 48.1 Å². The lowest BCUT2D eigenvalue weighted by molar-refractivity contribution is -0.133. The molecule has 158 valence electrons. The van der Waals surface area contributed by atoms with Gasteiger partial charge in [-0.1, -0.05) is 6.58 Å². The summed E-state index contributed by atoms with van der Waals surface area (Å²) < 4.78 is 40.9. The maximum Gasteiger partial charge on any atom is 0.281 e. The summed E-state index contributed by atoms with van der Waals surface area (Å²) in [5.41, 5.74) is 2.56. The third-order valence-corrected chi connectivity index (χ3v) is 7.44. The zero-order valence-electron chi connectivity index (χ0n) is 16.8. The summed E-state index contributed by atoms with van der Waals surface area (Å²) >= 11 is 0. The number of hydrogen-bond donors (Lipinski definition) is 0. The van der Waals surface area contributed by atoms with Crippen molar-refractivity contribution < 1.29 is 17.6 Å². The molecule has 0 spiro atoms. The molecule has 2 heterocycles. The molecule has 0 N–H and O–H groups in total. The van der Waals surface area contributed by atoms with Crippen molar-refractivity contribution in [2.24, 2.45) is 5.92 Å². The molecule has 6 nitrogen and oxygen atoms in total. The van der Waals surface area contributed by atoms with Gasteiger partial charge in [0.05, 0.1) is 5.70 Å². The minimum Gasteiger partial charge on any atom is -0.338 e. The van der Waals surface area contributed by atoms with E-state index < -0.39 is 15.8 Å². The van der Waals surface area contributed by atoms with Gasteiger partial charge in [0.15, 0.2) is 5.03 Å². The van der Waals surface area contributed by atoms with Gasteiger partial charge in [-0.2, -0.15) is 8.42 Å². The van der Waals surface area contributed by atoms with E-state index in [1.165, 1.54) is 28.6 Å². The van der Waals surface area contributed by atoms with Crippen LogP contribution in [-0.4, -0.2) is 41.6 Å². The van der Waals surface area contributed by atoms with E-state index in [1.807, 2.05) is 4.90 Å². The fourth-order valence-corrected chi connectivity index (χ4v) is 5.18. The van der Waals surface area contributed by atoms with Gasteiger partial charge in [0.1, 0.15) is 5.82 Å². The van der Waals surface area contributed by atoms with Crippen LogP contribution in [0.4, 0.5) is 4.39 Å². The van der Waals surface area contributed by atoms with E-state index >= 15 is 0 Å². The summed E-state index contributed by atoms with van der Waals surface area (Å²) in [7, 11) is -3.93. The average molecular weight is 430 g/mol. The van der Waals surface area contributed by atoms with Gasteiger partial charge in [-0.25, -0.2) is 9.37 Å². The first-order valence-electron chi connectivity index (χ1n) is 10.1. The molecule has 0 unspecified atom stereocenters. The van der Waals surface area contributed by atoms with Crippen molar-refractivity contribution in [1.29, 1.82) is 0 Å². The molecule has 1 amide bonds. The van der Waals surface area contributed by atoms with Crippen LogP contribution < -0.4 is 0 Å². The molecule has 2 aliphatic rings. The maximum absolute atomic E-state index is 13.3. The second-order valence-electron chi connectivity index (χ2n) is 7.70. The van der Waals surface area contributed by atoms with Crippen molar-refractivity contribution in [2.75, 3.05) is 13.1 Å². The average Bonchev–Trinajstić information content (AvgIpc) is 3.58. The number of fused-ring (bicyclic) bond motifs is 1. The normalized spacial score (nSPS) is 16.1. The third kappa shape index (κ3) is 3.84. The van der Waals surface area contributed by atoms with Gasteiger partial charge in [-0.15, -0.1) is 0 Å². The van der Waals surface area contributed by atoms with E-state index in [-0.39, 0.29) is 29.1 Å². The van der Waals surface area contributed by atoms with E-state index in [0.29, 0.717) is 25.1 Å². The van der Waals surface area contributed by atoms with Gasteiger partial charge in [-0.05, 0) is 73.2 Å². The van der Waals surface area contributed by atoms with Crippen molar-refractivity contribution in [3.63, 3.8) is 0 Å². The van der Waals surface area contributed by atoms with Gasteiger partial charge in [0, 0.05) is 31.7 Å². The Morgan fingerprint density at radius 3 is 2.60 bits per heavy atom. The van der Waals surface area contributed by atoms with Gasteiger partial charge in [-0.3, -0.25) is 9.10 Å². The highest BCUT2D eigenvalue weighted by Crippen LogP contribution is 2.33. The van der Waals surface area contributed by atoms with Crippen molar-refractivity contribution in [3.05, 3.63) is 65.6 Å². The SMILES string of the molecule is C=C(c1ccc(F)cc1)N(CC)S(=O)(=O)c1cc2c(cn1)CN(C(=O)C1CC1)CC2. The predicted molar refractivity (Wildman–Crippen MR) is 111 cm³/mol. The minimum absolute atomic E-state index is 0.0478. The zero-order valence-corrected chi connectivity index (χ0v) is 17.7. The molecule has 30 heavy (non-hydrogen) atoms. The molecule has 2 aromatic rings. The van der Waals surface area contributed by atoms with E-state index in [1.54, 1.807) is 19.2 Å². The molecular weight excluding hydrogens is 405 g/mol. The Balaban J connectivity index is 1.58. The first-order chi connectivity index (χ1) is 14.3. The molecule has 1 aromatic carbocycles. The fraction of sp³-hybridized carbons (Fsp3) is 0.364. The molecule has 1 fully saturated rings. The lowest BCUT2D eigenvalue weighted by Crippen LogP contribution is -2.37. The number of carbonyl (C=O) groups excluding carboxylic acids is 1. The largest absolute Gasteiger partial charge is 0.338 e. The third-order valence-electron chi connectivity index (χ3n) is 5.63. The Bertz CT molecular complexity index is 1100. The number of sulfonamides is 1. The Labute approximate surface area is 176 Å². The van der Waals surface area contributed by atoms with E-state index in [4.69, 9.17) is 0 Å². The number of aromatic nitrogens is 1. The molecule has 1 aliphatic heterocycles. The Morgan fingerprint density at radius 2 is 1.97 bits per heavy atom. The summed E-state index contributed by atoms with van der Waals surface area (Å²) in [5.74, 6) is -0.0529. The summed E-state index contributed by atoms with van der Waals surface area (Å²) in [6.07, 6.45) is 4.08. The van der Waals surface area contributed by atoms with Crippen LogP contribution in [0, 0.1) is 11.7 Å². The van der Waals surface area contributed by atoms with E-state index in [9.17, 15) is 17.6 Å². The summed E-state index contributed by atoms with van der Waals surface area (Å²) in [6.45, 7) is 6.85. The molecule has 1 saturated carbocycles. The minimum atomic E-state index is -3.93. The predicted octanol–water partition coefficient (Wildman–Crippen LogP) is 3.20. The van der Waals surface area contributed by atoms with Gasteiger partial charge >= 0.3 is 0 Å². The molecule has 1 aromatic heterocycles. The van der Waals surface area contributed by atoms with Crippen LogP contribution in [0.5, 0.6) is 0 Å². The molecule has 0 radical (unpaired) electrons. The molecule has 0 saturated heterocycles. The first kappa shape index (κ1) is 20.5. The standard InChI is InChI=1S/C22H24FN3O3S/c1-3-26(15(2)16-6-8-20(23)9-7-16)30(28,29)21-12-18-10-11-25(14-19(18)13-24-21)22(27)17-4-5-17/h6-9,12-13,17H,2-5,10-11,14H2,1H3. The van der Waals surface area contributed by atoms with Gasteiger partial charge < -0.3 is 4.90 Å². The monoisotopic (exact) mass is 429 g/mol. The van der Waals surface area contributed by atoms with Crippen LogP contribution in [0.2, 0.25) is 0 Å². The van der Waals surface area contributed by atoms with Crippen LogP contribution in [-0.2, 0) is 27.8 Å². The summed E-state index contributed by atoms with van der Waals surface area (Å²) in [4.78, 5) is 18.4. The zero-order chi connectivity index (χ0) is 21.5. The van der Waals surface area contributed by atoms with Crippen molar-refractivity contribution in [2.45, 2.75) is 37.8 Å². The second kappa shape index (κ2) is 7.83. The van der Waals surface area contributed by atoms with Crippen LogP contribution in [0.3, 0.4) is 0 Å². The molecule has 8 heteroatoms. The fourth-order valence-electron chi connectivity index (χ4n) is 3.74. The summed E-state index contributed by atoms with van der Waals surface area (Å²) in [6, 6.07) is 7.15. The molecular formula is C22H24FN3O3S. The van der Waals surface area contributed by atoms with Crippen molar-refractivity contribution in [1.82, 2.24) is 14.2 Å². The molecule has 0 bridgehead atoms. The number of benzene rings is 1. The molecule has 0 atom stereocenters. The van der Waals surface area contributed by atoms with Gasteiger partial charge in [0.25, 0.3) is 10.0 Å². The maximum atomic E-state index is 13.3. The number of amides is 1. The number of pyridine rings is 1. The number of carbonyl (C=O) groups is 1. The lowest BCUT2D eigenvalue weighted by Gasteiger charge is -2.29. The highest BCUT2D eigenvalue weighted by Gasteiger charge is 2.35. The van der Waals surface area contributed by atoms with Crippen LogP contribution in [0.25, 0.3) is 5.70 Å². The Morgan fingerprint density at radius 1 is 1.27 bits per heavy atom. The highest BCUT2D eigenvalue weighted by atomic mass is 32.2. The quantitative estimate of drug-likeness (QED) is 0.707. The first-order valence-corrected chi connectivity index (χ1v) is 11.5. The number of rotatable bonds is 6. The smallest absolute Gasteiger partial charge is 0.281 e. The highest BCUT2D eigenvalue weighted by molar-refractivity contribution is 7.89. The Kier molecular flexibility index (Phi) is 5.36. The van der Waals surface area contributed by atoms with E-state index in [0.717, 1.165) is 24.0 Å². The van der Waals surface area contributed by atoms with E-state index in [2.05, 4.69) is 11.6 Å². The van der Waals surface area contributed by atoms with Crippen LogP contribution >= 0.6 is 0 Å². The number of halogens is 1. The summed E-state index contributed by atoms with van der Waals surface area (Å²) in [5, 5.41) is -0.0478. The second-order valence-corrected chi connectivity index (χ2v) is 9.51. The van der Waals surface area contributed by atoms with Crippen molar-refractivity contribution in [3.8, 4) is 0 Å².